The van der Waals surface area contributed by atoms with Crippen molar-refractivity contribution in [2.45, 2.75) is 0 Å². The van der Waals surface area contributed by atoms with Gasteiger partial charge in [-0.3, -0.25) is 4.79 Å². The zero-order valence-corrected chi connectivity index (χ0v) is 6.90. The zero-order valence-electron chi connectivity index (χ0n) is 6.90. The van der Waals surface area contributed by atoms with E-state index in [9.17, 15) is 9.18 Å². The molecule has 0 fully saturated rings. The van der Waals surface area contributed by atoms with Crippen molar-refractivity contribution in [1.29, 1.82) is 0 Å². The Hall–Kier alpha value is -1.48. The molecule has 0 spiro atoms. The monoisotopic (exact) mass is 180 g/mol. The highest BCUT2D eigenvalue weighted by Crippen LogP contribution is 2.10. The van der Waals surface area contributed by atoms with Crippen LogP contribution in [-0.2, 0) is 0 Å². The van der Waals surface area contributed by atoms with Gasteiger partial charge in [-0.15, -0.1) is 0 Å². The number of halogens is 1. The first-order chi connectivity index (χ1) is 6.27. The van der Waals surface area contributed by atoms with Gasteiger partial charge in [0.15, 0.2) is 6.29 Å². The number of hydrogen-bond acceptors (Lipinski definition) is 2. The third-order valence-corrected chi connectivity index (χ3v) is 1.58. The minimum absolute atomic E-state index is 0.102. The Labute approximate surface area is 75.3 Å². The van der Waals surface area contributed by atoms with Crippen molar-refractivity contribution in [3.63, 3.8) is 0 Å². The molecule has 2 nitrogen and oxygen atoms in total. The number of carbonyl (C=O) groups is 1. The smallest absolute Gasteiger partial charge is 0.150 e. The first-order valence-corrected chi connectivity index (χ1v) is 3.80. The Kier molecular flexibility index (Phi) is 3.34. The first kappa shape index (κ1) is 9.61. The Morgan fingerprint density at radius 3 is 2.77 bits per heavy atom. The SMILES string of the molecule is O=Cc1cc(F)ccc1C=CCO. The van der Waals surface area contributed by atoms with E-state index >= 15 is 0 Å². The standard InChI is InChI=1S/C10H9FO2/c11-10-4-3-8(2-1-5-12)9(6-10)7-13/h1-4,6-7,12H,5H2. The molecule has 0 saturated carbocycles. The van der Waals surface area contributed by atoms with Gasteiger partial charge >= 0.3 is 0 Å². The molecule has 3 heteroatoms. The summed E-state index contributed by atoms with van der Waals surface area (Å²) in [6, 6.07) is 3.92. The molecule has 0 saturated heterocycles. The molecule has 0 bridgehead atoms. The maximum atomic E-state index is 12.6. The number of aldehydes is 1. The predicted octanol–water partition coefficient (Wildman–Crippen LogP) is 1.64. The summed E-state index contributed by atoms with van der Waals surface area (Å²) in [5.41, 5.74) is 0.884. The lowest BCUT2D eigenvalue weighted by molar-refractivity contribution is 0.112. The molecule has 13 heavy (non-hydrogen) atoms. The number of carbonyl (C=O) groups excluding carboxylic acids is 1. The normalized spacial score (nSPS) is 10.6. The maximum Gasteiger partial charge on any atom is 0.150 e. The van der Waals surface area contributed by atoms with Crippen LogP contribution in [0.3, 0.4) is 0 Å². The Morgan fingerprint density at radius 2 is 2.15 bits per heavy atom. The molecule has 1 aromatic carbocycles. The third kappa shape index (κ3) is 2.49. The molecular weight excluding hydrogens is 171 g/mol. The average molecular weight is 180 g/mol. The molecule has 0 aliphatic heterocycles. The molecular formula is C10H9FO2. The van der Waals surface area contributed by atoms with Crippen LogP contribution < -0.4 is 0 Å². The first-order valence-electron chi connectivity index (χ1n) is 3.80. The Balaban J connectivity index is 3.06. The van der Waals surface area contributed by atoms with Gasteiger partial charge in [-0.05, 0) is 17.7 Å². The molecule has 0 radical (unpaired) electrons. The molecule has 0 amide bonds. The van der Waals surface area contributed by atoms with Crippen LogP contribution in [0.2, 0.25) is 0 Å². The quantitative estimate of drug-likeness (QED) is 0.718. The van der Waals surface area contributed by atoms with Gasteiger partial charge in [-0.1, -0.05) is 18.2 Å². The van der Waals surface area contributed by atoms with Crippen molar-refractivity contribution in [2.24, 2.45) is 0 Å². The molecule has 0 heterocycles. The van der Waals surface area contributed by atoms with E-state index in [4.69, 9.17) is 5.11 Å². The second-order valence-corrected chi connectivity index (χ2v) is 2.48. The van der Waals surface area contributed by atoms with Gasteiger partial charge in [0.25, 0.3) is 0 Å². The molecule has 1 aromatic rings. The van der Waals surface area contributed by atoms with E-state index < -0.39 is 5.82 Å². The van der Waals surface area contributed by atoms with Gasteiger partial charge in [0.2, 0.25) is 0 Å². The van der Waals surface area contributed by atoms with Crippen molar-refractivity contribution in [1.82, 2.24) is 0 Å². The lowest BCUT2D eigenvalue weighted by Gasteiger charge is -1.97. The highest BCUT2D eigenvalue weighted by atomic mass is 19.1. The minimum Gasteiger partial charge on any atom is -0.392 e. The highest BCUT2D eigenvalue weighted by molar-refractivity contribution is 5.81. The van der Waals surface area contributed by atoms with Crippen molar-refractivity contribution in [3.8, 4) is 0 Å². The minimum atomic E-state index is -0.441. The summed E-state index contributed by atoms with van der Waals surface area (Å²) in [7, 11) is 0. The van der Waals surface area contributed by atoms with E-state index in [-0.39, 0.29) is 12.2 Å². The molecule has 0 aromatic heterocycles. The molecule has 0 aliphatic rings. The summed E-state index contributed by atoms with van der Waals surface area (Å²) in [5, 5.41) is 8.50. The van der Waals surface area contributed by atoms with Gasteiger partial charge in [0.05, 0.1) is 6.61 Å². The lowest BCUT2D eigenvalue weighted by atomic mass is 10.1. The molecule has 0 unspecified atom stereocenters. The van der Waals surface area contributed by atoms with E-state index in [0.29, 0.717) is 11.8 Å². The van der Waals surface area contributed by atoms with E-state index in [0.717, 1.165) is 6.07 Å². The van der Waals surface area contributed by atoms with Crippen LogP contribution in [-0.4, -0.2) is 18.0 Å². The van der Waals surface area contributed by atoms with Crippen molar-refractivity contribution >= 4 is 12.4 Å². The average Bonchev–Trinajstić information content (AvgIpc) is 2.16. The van der Waals surface area contributed by atoms with Crippen LogP contribution in [0.25, 0.3) is 6.08 Å². The van der Waals surface area contributed by atoms with Crippen LogP contribution in [0.1, 0.15) is 15.9 Å². The fourth-order valence-corrected chi connectivity index (χ4v) is 0.979. The maximum absolute atomic E-state index is 12.6. The number of aliphatic hydroxyl groups is 1. The zero-order chi connectivity index (χ0) is 9.68. The van der Waals surface area contributed by atoms with Crippen LogP contribution in [0.5, 0.6) is 0 Å². The largest absolute Gasteiger partial charge is 0.392 e. The van der Waals surface area contributed by atoms with Gasteiger partial charge in [0.1, 0.15) is 5.82 Å². The summed E-state index contributed by atoms with van der Waals surface area (Å²) in [5.74, 6) is -0.441. The van der Waals surface area contributed by atoms with Crippen LogP contribution in [0.4, 0.5) is 4.39 Å². The summed E-state index contributed by atoms with van der Waals surface area (Å²) in [6.07, 6.45) is 3.64. The second kappa shape index (κ2) is 4.52. The summed E-state index contributed by atoms with van der Waals surface area (Å²) < 4.78 is 12.6. The Morgan fingerprint density at radius 1 is 1.38 bits per heavy atom. The molecule has 1 N–H and O–H groups in total. The summed E-state index contributed by atoms with van der Waals surface area (Å²) in [4.78, 5) is 10.5. The number of hydrogen-bond donors (Lipinski definition) is 1. The molecule has 0 atom stereocenters. The van der Waals surface area contributed by atoms with Crippen molar-refractivity contribution < 1.29 is 14.3 Å². The highest BCUT2D eigenvalue weighted by Gasteiger charge is 1.99. The van der Waals surface area contributed by atoms with Gasteiger partial charge in [-0.25, -0.2) is 4.39 Å². The van der Waals surface area contributed by atoms with E-state index in [1.807, 2.05) is 0 Å². The lowest BCUT2D eigenvalue weighted by Crippen LogP contribution is -1.88. The van der Waals surface area contributed by atoms with Gasteiger partial charge < -0.3 is 5.11 Å². The predicted molar refractivity (Wildman–Crippen MR) is 47.9 cm³/mol. The topological polar surface area (TPSA) is 37.3 Å². The van der Waals surface area contributed by atoms with Gasteiger partial charge in [-0.2, -0.15) is 0 Å². The van der Waals surface area contributed by atoms with Crippen LogP contribution >= 0.6 is 0 Å². The van der Waals surface area contributed by atoms with Crippen molar-refractivity contribution in [2.75, 3.05) is 6.61 Å². The number of aliphatic hydroxyl groups excluding tert-OH is 1. The number of rotatable bonds is 3. The molecule has 68 valence electrons. The fourth-order valence-electron chi connectivity index (χ4n) is 0.979. The fraction of sp³-hybridized carbons (Fsp3) is 0.100. The van der Waals surface area contributed by atoms with E-state index in [1.165, 1.54) is 18.2 Å². The number of benzene rings is 1. The van der Waals surface area contributed by atoms with Crippen molar-refractivity contribution in [3.05, 3.63) is 41.2 Å². The summed E-state index contributed by atoms with van der Waals surface area (Å²) >= 11 is 0. The van der Waals surface area contributed by atoms with E-state index in [1.54, 1.807) is 6.08 Å². The van der Waals surface area contributed by atoms with E-state index in [2.05, 4.69) is 0 Å². The van der Waals surface area contributed by atoms with Crippen LogP contribution in [0, 0.1) is 5.82 Å². The molecule has 0 aliphatic carbocycles. The molecule has 1 rings (SSSR count). The van der Waals surface area contributed by atoms with Gasteiger partial charge in [0, 0.05) is 5.56 Å². The second-order valence-electron chi connectivity index (χ2n) is 2.48. The Bertz CT molecular complexity index is 332. The van der Waals surface area contributed by atoms with Crippen LogP contribution in [0.15, 0.2) is 24.3 Å². The summed E-state index contributed by atoms with van der Waals surface area (Å²) in [6.45, 7) is -0.102. The third-order valence-electron chi connectivity index (χ3n) is 1.58.